The van der Waals surface area contributed by atoms with Crippen molar-refractivity contribution in [3.63, 3.8) is 0 Å². The Kier molecular flexibility index (Phi) is 5.75. The Labute approximate surface area is 125 Å². The summed E-state index contributed by atoms with van der Waals surface area (Å²) in [5, 5.41) is 2.79. The van der Waals surface area contributed by atoms with E-state index in [1.54, 1.807) is 4.90 Å². The standard InChI is InChI=1S/C16H23N3O2/c1-2-18-8-10-19(11-9-18)16(21)12-15(20)17-13-14-6-4-3-5-7-14/h3-7H,2,8-13H2,1H3,(H,17,20). The number of hydrogen-bond donors (Lipinski definition) is 1. The number of benzene rings is 1. The van der Waals surface area contributed by atoms with Gasteiger partial charge in [-0.2, -0.15) is 0 Å². The molecule has 21 heavy (non-hydrogen) atoms. The molecule has 0 saturated carbocycles. The van der Waals surface area contributed by atoms with Crippen molar-refractivity contribution in [2.75, 3.05) is 32.7 Å². The van der Waals surface area contributed by atoms with Crippen LogP contribution in [0.4, 0.5) is 0 Å². The first kappa shape index (κ1) is 15.5. The smallest absolute Gasteiger partial charge is 0.232 e. The number of piperazine rings is 1. The van der Waals surface area contributed by atoms with Gasteiger partial charge in [-0.05, 0) is 12.1 Å². The quantitative estimate of drug-likeness (QED) is 0.818. The summed E-state index contributed by atoms with van der Waals surface area (Å²) in [7, 11) is 0. The second kappa shape index (κ2) is 7.78. The minimum absolute atomic E-state index is 0.0566. The first-order valence-corrected chi connectivity index (χ1v) is 7.49. The third-order valence-corrected chi connectivity index (χ3v) is 3.82. The van der Waals surface area contributed by atoms with Gasteiger partial charge in [-0.15, -0.1) is 0 Å². The van der Waals surface area contributed by atoms with Crippen LogP contribution >= 0.6 is 0 Å². The van der Waals surface area contributed by atoms with Gasteiger partial charge in [-0.3, -0.25) is 9.59 Å². The van der Waals surface area contributed by atoms with Gasteiger partial charge in [0.1, 0.15) is 6.42 Å². The molecule has 0 spiro atoms. The first-order chi connectivity index (χ1) is 10.2. The summed E-state index contributed by atoms with van der Waals surface area (Å²) in [5.41, 5.74) is 1.04. The fraction of sp³-hybridized carbons (Fsp3) is 0.500. The third-order valence-electron chi connectivity index (χ3n) is 3.82. The minimum atomic E-state index is -0.207. The number of rotatable bonds is 5. The molecular weight excluding hydrogens is 266 g/mol. The topological polar surface area (TPSA) is 52.7 Å². The molecule has 2 amide bonds. The van der Waals surface area contributed by atoms with E-state index in [0.717, 1.165) is 38.3 Å². The van der Waals surface area contributed by atoms with E-state index >= 15 is 0 Å². The lowest BCUT2D eigenvalue weighted by molar-refractivity contribution is -0.137. The van der Waals surface area contributed by atoms with Gasteiger partial charge in [0.15, 0.2) is 0 Å². The predicted molar refractivity (Wildman–Crippen MR) is 81.6 cm³/mol. The molecule has 1 aliphatic rings. The van der Waals surface area contributed by atoms with Crippen LogP contribution in [0.15, 0.2) is 30.3 Å². The fourth-order valence-corrected chi connectivity index (χ4v) is 2.42. The van der Waals surface area contributed by atoms with Crippen LogP contribution in [-0.4, -0.2) is 54.3 Å². The van der Waals surface area contributed by atoms with Crippen LogP contribution in [0.25, 0.3) is 0 Å². The number of nitrogens with zero attached hydrogens (tertiary/aromatic N) is 2. The molecule has 0 bridgehead atoms. The summed E-state index contributed by atoms with van der Waals surface area (Å²) in [5.74, 6) is -0.280. The maximum absolute atomic E-state index is 12.1. The highest BCUT2D eigenvalue weighted by Gasteiger charge is 2.21. The van der Waals surface area contributed by atoms with Gasteiger partial charge in [-0.25, -0.2) is 0 Å². The van der Waals surface area contributed by atoms with E-state index in [9.17, 15) is 9.59 Å². The Bertz CT molecular complexity index is 468. The molecule has 1 aromatic rings. The average Bonchev–Trinajstić information content (AvgIpc) is 2.54. The molecule has 5 heteroatoms. The van der Waals surface area contributed by atoms with Crippen LogP contribution in [0.2, 0.25) is 0 Å². The van der Waals surface area contributed by atoms with Crippen LogP contribution in [0.5, 0.6) is 0 Å². The van der Waals surface area contributed by atoms with Gasteiger partial charge >= 0.3 is 0 Å². The van der Waals surface area contributed by atoms with Crippen LogP contribution in [0, 0.1) is 0 Å². The van der Waals surface area contributed by atoms with Crippen molar-refractivity contribution in [2.45, 2.75) is 19.9 Å². The second-order valence-corrected chi connectivity index (χ2v) is 5.25. The molecule has 0 radical (unpaired) electrons. The van der Waals surface area contributed by atoms with E-state index in [1.807, 2.05) is 30.3 Å². The molecule has 0 unspecified atom stereocenters. The lowest BCUT2D eigenvalue weighted by Gasteiger charge is -2.33. The number of hydrogen-bond acceptors (Lipinski definition) is 3. The van der Waals surface area contributed by atoms with Gasteiger partial charge in [-0.1, -0.05) is 37.3 Å². The summed E-state index contributed by atoms with van der Waals surface area (Å²) in [6.07, 6.45) is -0.0566. The number of likely N-dealkylation sites (N-methyl/N-ethyl adjacent to an activating group) is 1. The Morgan fingerprint density at radius 2 is 1.76 bits per heavy atom. The Hall–Kier alpha value is -1.88. The lowest BCUT2D eigenvalue weighted by Crippen LogP contribution is -2.49. The van der Waals surface area contributed by atoms with Crippen molar-refractivity contribution in [1.82, 2.24) is 15.1 Å². The second-order valence-electron chi connectivity index (χ2n) is 5.25. The summed E-state index contributed by atoms with van der Waals surface area (Å²) >= 11 is 0. The predicted octanol–water partition coefficient (Wildman–Crippen LogP) is 0.857. The van der Waals surface area contributed by atoms with Crippen LogP contribution < -0.4 is 5.32 Å². The van der Waals surface area contributed by atoms with Crippen molar-refractivity contribution in [3.8, 4) is 0 Å². The van der Waals surface area contributed by atoms with Gasteiger partial charge in [0.05, 0.1) is 0 Å². The van der Waals surface area contributed by atoms with Gasteiger partial charge in [0.25, 0.3) is 0 Å². The zero-order valence-electron chi connectivity index (χ0n) is 12.5. The maximum Gasteiger partial charge on any atom is 0.232 e. The average molecular weight is 289 g/mol. The van der Waals surface area contributed by atoms with Gasteiger partial charge < -0.3 is 15.1 Å². The highest BCUT2D eigenvalue weighted by Crippen LogP contribution is 2.04. The van der Waals surface area contributed by atoms with E-state index < -0.39 is 0 Å². The number of carbonyl (C=O) groups is 2. The van der Waals surface area contributed by atoms with Crippen LogP contribution in [-0.2, 0) is 16.1 Å². The summed E-state index contributed by atoms with van der Waals surface area (Å²) in [6.45, 7) is 6.84. The summed E-state index contributed by atoms with van der Waals surface area (Å²) < 4.78 is 0. The van der Waals surface area contributed by atoms with E-state index in [0.29, 0.717) is 6.54 Å². The zero-order valence-corrected chi connectivity index (χ0v) is 12.5. The van der Waals surface area contributed by atoms with Crippen molar-refractivity contribution in [3.05, 3.63) is 35.9 Å². The van der Waals surface area contributed by atoms with Crippen molar-refractivity contribution in [2.24, 2.45) is 0 Å². The highest BCUT2D eigenvalue weighted by molar-refractivity contribution is 5.96. The molecule has 1 aromatic carbocycles. The Morgan fingerprint density at radius 1 is 1.10 bits per heavy atom. The Morgan fingerprint density at radius 3 is 2.38 bits per heavy atom. The Balaban J connectivity index is 1.71. The number of carbonyl (C=O) groups excluding carboxylic acids is 2. The normalized spacial score (nSPS) is 15.8. The molecule has 114 valence electrons. The molecule has 1 heterocycles. The molecule has 0 aromatic heterocycles. The molecule has 5 nitrogen and oxygen atoms in total. The van der Waals surface area contributed by atoms with E-state index in [4.69, 9.17) is 0 Å². The molecule has 1 fully saturated rings. The van der Waals surface area contributed by atoms with E-state index in [-0.39, 0.29) is 18.2 Å². The van der Waals surface area contributed by atoms with Crippen molar-refractivity contribution in [1.29, 1.82) is 0 Å². The van der Waals surface area contributed by atoms with E-state index in [1.165, 1.54) is 0 Å². The minimum Gasteiger partial charge on any atom is -0.352 e. The molecule has 0 aliphatic carbocycles. The van der Waals surface area contributed by atoms with Gasteiger partial charge in [0, 0.05) is 32.7 Å². The molecule has 2 rings (SSSR count). The zero-order chi connectivity index (χ0) is 15.1. The highest BCUT2D eigenvalue weighted by atomic mass is 16.2. The van der Waals surface area contributed by atoms with Crippen LogP contribution in [0.3, 0.4) is 0 Å². The van der Waals surface area contributed by atoms with Crippen LogP contribution in [0.1, 0.15) is 18.9 Å². The SMILES string of the molecule is CCN1CCN(C(=O)CC(=O)NCc2ccccc2)CC1. The van der Waals surface area contributed by atoms with E-state index in [2.05, 4.69) is 17.1 Å². The van der Waals surface area contributed by atoms with Crippen molar-refractivity contribution >= 4 is 11.8 Å². The van der Waals surface area contributed by atoms with Gasteiger partial charge in [0.2, 0.25) is 11.8 Å². The van der Waals surface area contributed by atoms with Crippen molar-refractivity contribution < 1.29 is 9.59 Å². The fourth-order valence-electron chi connectivity index (χ4n) is 2.42. The third kappa shape index (κ3) is 4.86. The molecule has 1 saturated heterocycles. The monoisotopic (exact) mass is 289 g/mol. The first-order valence-electron chi connectivity index (χ1n) is 7.49. The number of amides is 2. The number of nitrogens with one attached hydrogen (secondary N) is 1. The largest absolute Gasteiger partial charge is 0.352 e. The maximum atomic E-state index is 12.1. The molecule has 0 atom stereocenters. The lowest BCUT2D eigenvalue weighted by atomic mass is 10.2. The summed E-state index contributed by atoms with van der Waals surface area (Å²) in [6, 6.07) is 9.70. The molecule has 1 aliphatic heterocycles. The molecule has 1 N–H and O–H groups in total. The summed E-state index contributed by atoms with van der Waals surface area (Å²) in [4.78, 5) is 28.0. The molecular formula is C16H23N3O2.